The van der Waals surface area contributed by atoms with E-state index in [1.54, 1.807) is 24.3 Å². The van der Waals surface area contributed by atoms with E-state index in [1.807, 2.05) is 0 Å². The maximum absolute atomic E-state index is 12.0. The summed E-state index contributed by atoms with van der Waals surface area (Å²) < 4.78 is 34.1. The molecule has 0 amide bonds. The summed E-state index contributed by atoms with van der Waals surface area (Å²) in [4.78, 5) is 0. The van der Waals surface area contributed by atoms with Crippen LogP contribution in [0.15, 0.2) is 24.3 Å². The highest BCUT2D eigenvalue weighted by atomic mass is 19.3. The van der Waals surface area contributed by atoms with Gasteiger partial charge in [-0.2, -0.15) is 8.78 Å². The fourth-order valence-electron chi connectivity index (χ4n) is 2.46. The van der Waals surface area contributed by atoms with Crippen molar-refractivity contribution in [3.05, 3.63) is 29.8 Å². The second-order valence-electron chi connectivity index (χ2n) is 5.70. The van der Waals surface area contributed by atoms with Crippen LogP contribution in [-0.4, -0.2) is 24.9 Å². The summed E-state index contributed by atoms with van der Waals surface area (Å²) in [6.07, 6.45) is 1.97. The minimum atomic E-state index is -2.77. The number of ether oxygens (including phenoxy) is 2. The molecular weight excluding hydrogens is 264 g/mol. The molecular formula is C15H21F2NO2. The molecule has 1 saturated heterocycles. The first-order valence-corrected chi connectivity index (χ1v) is 6.86. The first-order chi connectivity index (χ1) is 9.44. The second kappa shape index (κ2) is 6.50. The minimum absolute atomic E-state index is 0.0785. The Morgan fingerprint density at radius 1 is 1.35 bits per heavy atom. The Morgan fingerprint density at radius 2 is 2.05 bits per heavy atom. The van der Waals surface area contributed by atoms with Gasteiger partial charge in [-0.25, -0.2) is 0 Å². The molecule has 1 unspecified atom stereocenters. The number of rotatable bonds is 5. The normalized spacial score (nSPS) is 21.9. The van der Waals surface area contributed by atoms with E-state index >= 15 is 0 Å². The molecule has 1 aromatic carbocycles. The smallest absolute Gasteiger partial charge is 0.387 e. The highest BCUT2D eigenvalue weighted by molar-refractivity contribution is 5.27. The first kappa shape index (κ1) is 15.2. The number of hydrogen-bond acceptors (Lipinski definition) is 3. The van der Waals surface area contributed by atoms with Gasteiger partial charge in [-0.1, -0.05) is 12.1 Å². The van der Waals surface area contributed by atoms with Gasteiger partial charge in [0.05, 0.1) is 5.60 Å². The van der Waals surface area contributed by atoms with Crippen LogP contribution in [0.4, 0.5) is 8.78 Å². The molecule has 0 aliphatic carbocycles. The number of alkyl halides is 2. The van der Waals surface area contributed by atoms with Crippen molar-refractivity contribution < 1.29 is 18.3 Å². The lowest BCUT2D eigenvalue weighted by atomic mass is 9.94. The molecule has 3 nitrogen and oxygen atoms in total. The summed E-state index contributed by atoms with van der Waals surface area (Å²) in [5.41, 5.74) is 0.973. The van der Waals surface area contributed by atoms with Gasteiger partial charge in [0.25, 0.3) is 0 Å². The minimum Gasteiger partial charge on any atom is -0.435 e. The van der Waals surface area contributed by atoms with Crippen molar-refractivity contribution in [2.24, 2.45) is 0 Å². The van der Waals surface area contributed by atoms with Crippen molar-refractivity contribution >= 4 is 0 Å². The van der Waals surface area contributed by atoms with Gasteiger partial charge < -0.3 is 14.8 Å². The van der Waals surface area contributed by atoms with Crippen molar-refractivity contribution in [3.63, 3.8) is 0 Å². The molecule has 0 radical (unpaired) electrons. The first-order valence-electron chi connectivity index (χ1n) is 6.86. The van der Waals surface area contributed by atoms with Crippen molar-refractivity contribution in [1.82, 2.24) is 5.32 Å². The molecule has 1 atom stereocenters. The molecule has 0 saturated carbocycles. The van der Waals surface area contributed by atoms with Gasteiger partial charge in [-0.15, -0.1) is 0 Å². The Morgan fingerprint density at radius 3 is 2.65 bits per heavy atom. The number of hydrogen-bond donors (Lipinski definition) is 1. The average Bonchev–Trinajstić information content (AvgIpc) is 2.36. The van der Waals surface area contributed by atoms with E-state index < -0.39 is 6.61 Å². The zero-order valence-electron chi connectivity index (χ0n) is 11.9. The summed E-state index contributed by atoms with van der Waals surface area (Å²) >= 11 is 0. The number of nitrogens with one attached hydrogen (secondary N) is 1. The molecule has 112 valence electrons. The zero-order chi connectivity index (χ0) is 14.6. The third-order valence-electron chi connectivity index (χ3n) is 3.44. The topological polar surface area (TPSA) is 30.5 Å². The average molecular weight is 285 g/mol. The van der Waals surface area contributed by atoms with Crippen LogP contribution in [0.2, 0.25) is 0 Å². The fourth-order valence-corrected chi connectivity index (χ4v) is 2.46. The van der Waals surface area contributed by atoms with E-state index in [1.165, 1.54) is 0 Å². The van der Waals surface area contributed by atoms with E-state index in [0.717, 1.165) is 31.6 Å². The third kappa shape index (κ3) is 4.72. The van der Waals surface area contributed by atoms with Crippen LogP contribution in [0.5, 0.6) is 5.75 Å². The van der Waals surface area contributed by atoms with Crippen molar-refractivity contribution in [3.8, 4) is 5.75 Å². The number of halogens is 2. The molecule has 1 aliphatic rings. The van der Waals surface area contributed by atoms with E-state index in [2.05, 4.69) is 23.9 Å². The Balaban J connectivity index is 1.82. The van der Waals surface area contributed by atoms with Crippen LogP contribution >= 0.6 is 0 Å². The largest absolute Gasteiger partial charge is 0.435 e. The molecule has 0 bridgehead atoms. The van der Waals surface area contributed by atoms with Gasteiger partial charge in [0.15, 0.2) is 0 Å². The summed E-state index contributed by atoms with van der Waals surface area (Å²) in [7, 11) is 0. The Bertz CT molecular complexity index is 420. The molecule has 1 heterocycles. The Kier molecular flexibility index (Phi) is 4.94. The second-order valence-corrected chi connectivity index (χ2v) is 5.70. The van der Waals surface area contributed by atoms with Crippen LogP contribution in [0.3, 0.4) is 0 Å². The molecule has 20 heavy (non-hydrogen) atoms. The SMILES string of the molecule is CC1(C)CC(NCc2ccc(OC(F)F)cc2)CCO1. The number of benzene rings is 1. The van der Waals surface area contributed by atoms with E-state index in [0.29, 0.717) is 6.04 Å². The highest BCUT2D eigenvalue weighted by Crippen LogP contribution is 2.24. The third-order valence-corrected chi connectivity index (χ3v) is 3.44. The van der Waals surface area contributed by atoms with Gasteiger partial charge in [-0.05, 0) is 44.4 Å². The van der Waals surface area contributed by atoms with Crippen LogP contribution in [0.1, 0.15) is 32.3 Å². The van der Waals surface area contributed by atoms with Crippen molar-refractivity contribution in [2.45, 2.75) is 51.5 Å². The van der Waals surface area contributed by atoms with Crippen LogP contribution in [-0.2, 0) is 11.3 Å². The monoisotopic (exact) mass is 285 g/mol. The summed E-state index contributed by atoms with van der Waals surface area (Å²) in [6, 6.07) is 7.16. The van der Waals surface area contributed by atoms with Gasteiger partial charge >= 0.3 is 6.61 Å². The van der Waals surface area contributed by atoms with Crippen LogP contribution < -0.4 is 10.1 Å². The molecule has 2 rings (SSSR count). The molecule has 1 aromatic rings. The fraction of sp³-hybridized carbons (Fsp3) is 0.600. The van der Waals surface area contributed by atoms with Gasteiger partial charge in [0, 0.05) is 19.2 Å². The molecule has 1 fully saturated rings. The summed E-state index contributed by atoms with van der Waals surface area (Å²) in [5.74, 6) is 0.191. The predicted octanol–water partition coefficient (Wildman–Crippen LogP) is 3.34. The maximum Gasteiger partial charge on any atom is 0.387 e. The quantitative estimate of drug-likeness (QED) is 0.900. The van der Waals surface area contributed by atoms with E-state index in [4.69, 9.17) is 4.74 Å². The van der Waals surface area contributed by atoms with Gasteiger partial charge in [0.2, 0.25) is 0 Å². The lowest BCUT2D eigenvalue weighted by molar-refractivity contribution is -0.0630. The lowest BCUT2D eigenvalue weighted by Gasteiger charge is -2.36. The summed E-state index contributed by atoms with van der Waals surface area (Å²) in [5, 5.41) is 3.48. The predicted molar refractivity (Wildman–Crippen MR) is 73.0 cm³/mol. The highest BCUT2D eigenvalue weighted by Gasteiger charge is 2.28. The lowest BCUT2D eigenvalue weighted by Crippen LogP contribution is -2.43. The molecule has 1 aliphatic heterocycles. The van der Waals surface area contributed by atoms with Gasteiger partial charge in [-0.3, -0.25) is 0 Å². The van der Waals surface area contributed by atoms with Crippen LogP contribution in [0, 0.1) is 0 Å². The van der Waals surface area contributed by atoms with E-state index in [9.17, 15) is 8.78 Å². The Labute approximate surface area is 118 Å². The molecule has 5 heteroatoms. The van der Waals surface area contributed by atoms with Crippen LogP contribution in [0.25, 0.3) is 0 Å². The molecule has 1 N–H and O–H groups in total. The Hall–Kier alpha value is -1.20. The molecule has 0 spiro atoms. The maximum atomic E-state index is 12.0. The standard InChI is InChI=1S/C15H21F2NO2/c1-15(2)9-12(7-8-19-15)18-10-11-3-5-13(6-4-11)20-14(16)17/h3-6,12,14,18H,7-10H2,1-2H3. The van der Waals surface area contributed by atoms with Gasteiger partial charge in [0.1, 0.15) is 5.75 Å². The summed E-state index contributed by atoms with van der Waals surface area (Å²) in [6.45, 7) is 2.90. The van der Waals surface area contributed by atoms with E-state index in [-0.39, 0.29) is 11.4 Å². The van der Waals surface area contributed by atoms with Crippen molar-refractivity contribution in [2.75, 3.05) is 6.61 Å². The molecule has 0 aromatic heterocycles. The zero-order valence-corrected chi connectivity index (χ0v) is 11.9. The van der Waals surface area contributed by atoms with Crippen molar-refractivity contribution in [1.29, 1.82) is 0 Å².